The molecule has 0 saturated heterocycles. The molecule has 2 rings (SSSR count). The SMILES string of the molecule is CNC(c1cc(C)cc(Cl)c1)c1ccc(OC)cc1Cl. The van der Waals surface area contributed by atoms with Crippen molar-refractivity contribution >= 4 is 23.2 Å². The van der Waals surface area contributed by atoms with Crippen LogP contribution in [0, 0.1) is 6.92 Å². The number of hydrogen-bond donors (Lipinski definition) is 1. The van der Waals surface area contributed by atoms with Crippen molar-refractivity contribution in [2.45, 2.75) is 13.0 Å². The molecule has 2 aromatic carbocycles. The lowest BCUT2D eigenvalue weighted by atomic mass is 9.97. The van der Waals surface area contributed by atoms with E-state index < -0.39 is 0 Å². The first-order chi connectivity index (χ1) is 9.55. The minimum absolute atomic E-state index is 0.00851. The number of benzene rings is 2. The Morgan fingerprint density at radius 3 is 2.40 bits per heavy atom. The van der Waals surface area contributed by atoms with Gasteiger partial charge in [-0.15, -0.1) is 0 Å². The largest absolute Gasteiger partial charge is 0.497 e. The van der Waals surface area contributed by atoms with Crippen molar-refractivity contribution in [2.75, 3.05) is 14.2 Å². The van der Waals surface area contributed by atoms with E-state index in [1.54, 1.807) is 7.11 Å². The molecule has 0 amide bonds. The molecule has 4 heteroatoms. The highest BCUT2D eigenvalue weighted by Crippen LogP contribution is 2.32. The van der Waals surface area contributed by atoms with Crippen LogP contribution in [0.2, 0.25) is 10.0 Å². The van der Waals surface area contributed by atoms with Crippen LogP contribution in [0.25, 0.3) is 0 Å². The van der Waals surface area contributed by atoms with Crippen molar-refractivity contribution in [1.82, 2.24) is 5.32 Å². The summed E-state index contributed by atoms with van der Waals surface area (Å²) in [6.45, 7) is 2.03. The lowest BCUT2D eigenvalue weighted by Crippen LogP contribution is -2.18. The zero-order valence-electron chi connectivity index (χ0n) is 11.7. The third-order valence-electron chi connectivity index (χ3n) is 3.21. The molecule has 0 aliphatic carbocycles. The summed E-state index contributed by atoms with van der Waals surface area (Å²) in [6, 6.07) is 11.7. The van der Waals surface area contributed by atoms with Crippen LogP contribution in [-0.2, 0) is 0 Å². The van der Waals surface area contributed by atoms with Gasteiger partial charge in [0.05, 0.1) is 13.2 Å². The Balaban J connectivity index is 2.46. The molecule has 0 bridgehead atoms. The van der Waals surface area contributed by atoms with E-state index in [0.29, 0.717) is 5.02 Å². The third-order valence-corrected chi connectivity index (χ3v) is 3.75. The lowest BCUT2D eigenvalue weighted by molar-refractivity contribution is 0.414. The van der Waals surface area contributed by atoms with Gasteiger partial charge in [-0.05, 0) is 54.9 Å². The van der Waals surface area contributed by atoms with Gasteiger partial charge < -0.3 is 10.1 Å². The minimum Gasteiger partial charge on any atom is -0.497 e. The maximum Gasteiger partial charge on any atom is 0.120 e. The summed E-state index contributed by atoms with van der Waals surface area (Å²) in [5.74, 6) is 0.746. The van der Waals surface area contributed by atoms with Crippen molar-refractivity contribution in [3.8, 4) is 5.75 Å². The summed E-state index contributed by atoms with van der Waals surface area (Å²) in [5.41, 5.74) is 3.21. The van der Waals surface area contributed by atoms with Gasteiger partial charge in [-0.1, -0.05) is 35.3 Å². The standard InChI is InChI=1S/C16H17Cl2NO/c1-10-6-11(8-12(17)7-10)16(19-2)14-5-4-13(20-3)9-15(14)18/h4-9,16,19H,1-3H3. The zero-order valence-corrected chi connectivity index (χ0v) is 13.2. The Kier molecular flexibility index (Phi) is 4.92. The molecule has 1 atom stereocenters. The summed E-state index contributed by atoms with van der Waals surface area (Å²) < 4.78 is 5.18. The van der Waals surface area contributed by atoms with Gasteiger partial charge in [-0.25, -0.2) is 0 Å². The van der Waals surface area contributed by atoms with Gasteiger partial charge in [0.15, 0.2) is 0 Å². The van der Waals surface area contributed by atoms with Gasteiger partial charge in [0.25, 0.3) is 0 Å². The van der Waals surface area contributed by atoms with E-state index in [4.69, 9.17) is 27.9 Å². The van der Waals surface area contributed by atoms with Gasteiger partial charge >= 0.3 is 0 Å². The van der Waals surface area contributed by atoms with Crippen LogP contribution >= 0.6 is 23.2 Å². The quantitative estimate of drug-likeness (QED) is 0.890. The van der Waals surface area contributed by atoms with Gasteiger partial charge in [0.1, 0.15) is 5.75 Å². The summed E-state index contributed by atoms with van der Waals surface area (Å²) in [4.78, 5) is 0. The summed E-state index contributed by atoms with van der Waals surface area (Å²) >= 11 is 12.5. The monoisotopic (exact) mass is 309 g/mol. The van der Waals surface area contributed by atoms with Crippen LogP contribution in [0.15, 0.2) is 36.4 Å². The molecule has 0 spiro atoms. The lowest BCUT2D eigenvalue weighted by Gasteiger charge is -2.20. The highest BCUT2D eigenvalue weighted by atomic mass is 35.5. The first kappa shape index (κ1) is 15.2. The Bertz CT molecular complexity index is 593. The van der Waals surface area contributed by atoms with Crippen LogP contribution in [0.5, 0.6) is 5.75 Å². The minimum atomic E-state index is -0.00851. The van der Waals surface area contributed by atoms with Crippen molar-refractivity contribution in [1.29, 1.82) is 0 Å². The number of hydrogen-bond acceptors (Lipinski definition) is 2. The predicted octanol–water partition coefficient (Wildman–Crippen LogP) is 4.62. The molecule has 1 unspecified atom stereocenters. The fourth-order valence-electron chi connectivity index (χ4n) is 2.30. The zero-order chi connectivity index (χ0) is 14.7. The first-order valence-electron chi connectivity index (χ1n) is 6.33. The van der Waals surface area contributed by atoms with Gasteiger partial charge in [0.2, 0.25) is 0 Å². The highest BCUT2D eigenvalue weighted by Gasteiger charge is 2.16. The molecule has 0 fully saturated rings. The molecule has 2 aromatic rings. The number of rotatable bonds is 4. The van der Waals surface area contributed by atoms with E-state index >= 15 is 0 Å². The molecule has 0 saturated carbocycles. The van der Waals surface area contributed by atoms with E-state index in [1.165, 1.54) is 0 Å². The van der Waals surface area contributed by atoms with Crippen LogP contribution in [-0.4, -0.2) is 14.2 Å². The van der Waals surface area contributed by atoms with Crippen molar-refractivity contribution < 1.29 is 4.74 Å². The molecule has 0 aromatic heterocycles. The van der Waals surface area contributed by atoms with E-state index in [1.807, 2.05) is 44.3 Å². The number of methoxy groups -OCH3 is 1. The van der Waals surface area contributed by atoms with Crippen LogP contribution in [0.1, 0.15) is 22.7 Å². The summed E-state index contributed by atoms with van der Waals surface area (Å²) in [5, 5.41) is 4.68. The van der Waals surface area contributed by atoms with Crippen LogP contribution in [0.3, 0.4) is 0 Å². The fourth-order valence-corrected chi connectivity index (χ4v) is 2.88. The highest BCUT2D eigenvalue weighted by molar-refractivity contribution is 6.31. The number of halogens is 2. The van der Waals surface area contributed by atoms with Crippen LogP contribution < -0.4 is 10.1 Å². The molecule has 20 heavy (non-hydrogen) atoms. The maximum atomic E-state index is 6.36. The normalized spacial score (nSPS) is 12.2. The van der Waals surface area contributed by atoms with E-state index in [0.717, 1.165) is 27.5 Å². The van der Waals surface area contributed by atoms with E-state index in [-0.39, 0.29) is 6.04 Å². The molecular weight excluding hydrogens is 293 g/mol. The molecule has 2 nitrogen and oxygen atoms in total. The molecule has 1 N–H and O–H groups in total. The second-order valence-electron chi connectivity index (χ2n) is 4.67. The summed E-state index contributed by atoms with van der Waals surface area (Å²) in [6.07, 6.45) is 0. The number of aryl methyl sites for hydroxylation is 1. The molecule has 0 aliphatic heterocycles. The van der Waals surface area contributed by atoms with Gasteiger partial charge in [-0.3, -0.25) is 0 Å². The predicted molar refractivity (Wildman–Crippen MR) is 85.1 cm³/mol. The fraction of sp³-hybridized carbons (Fsp3) is 0.250. The molecule has 0 radical (unpaired) electrons. The van der Waals surface area contributed by atoms with Crippen molar-refractivity contribution in [2.24, 2.45) is 0 Å². The Morgan fingerprint density at radius 1 is 1.10 bits per heavy atom. The van der Waals surface area contributed by atoms with Crippen molar-refractivity contribution in [3.05, 3.63) is 63.1 Å². The molecule has 0 aliphatic rings. The Labute approximate surface area is 129 Å². The van der Waals surface area contributed by atoms with Crippen LogP contribution in [0.4, 0.5) is 0 Å². The Morgan fingerprint density at radius 2 is 1.85 bits per heavy atom. The van der Waals surface area contributed by atoms with Gasteiger partial charge in [-0.2, -0.15) is 0 Å². The molecular formula is C16H17Cl2NO. The number of ether oxygens (including phenoxy) is 1. The Hall–Kier alpha value is -1.22. The van der Waals surface area contributed by atoms with Crippen molar-refractivity contribution in [3.63, 3.8) is 0 Å². The molecule has 0 heterocycles. The topological polar surface area (TPSA) is 21.3 Å². The summed E-state index contributed by atoms with van der Waals surface area (Å²) in [7, 11) is 3.53. The average Bonchev–Trinajstić information content (AvgIpc) is 2.40. The second kappa shape index (κ2) is 6.49. The van der Waals surface area contributed by atoms with E-state index in [9.17, 15) is 0 Å². The third kappa shape index (κ3) is 3.26. The van der Waals surface area contributed by atoms with Gasteiger partial charge in [0, 0.05) is 10.0 Å². The molecule has 106 valence electrons. The number of nitrogens with one attached hydrogen (secondary N) is 1. The average molecular weight is 310 g/mol. The van der Waals surface area contributed by atoms with E-state index in [2.05, 4.69) is 11.4 Å². The maximum absolute atomic E-state index is 6.36. The smallest absolute Gasteiger partial charge is 0.120 e. The first-order valence-corrected chi connectivity index (χ1v) is 7.08. The second-order valence-corrected chi connectivity index (χ2v) is 5.51.